The van der Waals surface area contributed by atoms with E-state index in [0.29, 0.717) is 6.07 Å². The van der Waals surface area contributed by atoms with Crippen LogP contribution in [0.2, 0.25) is 0 Å². The highest BCUT2D eigenvalue weighted by Gasteiger charge is 2.13. The first-order valence-corrected chi connectivity index (χ1v) is 2.72. The first kappa shape index (κ1) is 7.46. The Hall–Kier alpha value is -1.65. The molecule has 0 aromatic heterocycles. The molecule has 0 unspecified atom stereocenters. The molecule has 1 rings (SSSR count). The predicted octanol–water partition coefficient (Wildman–Crippen LogP) is 1.88. The molecule has 1 radical (unpaired) electrons. The van der Waals surface area contributed by atoms with Crippen LogP contribution in [0.1, 0.15) is 0 Å². The van der Waals surface area contributed by atoms with E-state index in [2.05, 4.69) is 0 Å². The summed E-state index contributed by atoms with van der Waals surface area (Å²) in [6.07, 6.45) is 0. The molecule has 11 heavy (non-hydrogen) atoms. The summed E-state index contributed by atoms with van der Waals surface area (Å²) < 4.78 is 12.5. The molecule has 1 aromatic rings. The Labute approximate surface area is 61.0 Å². The third-order valence-electron chi connectivity index (χ3n) is 1.12. The molecule has 0 aliphatic heterocycles. The largest absolute Gasteiger partial charge is 0.305 e. The van der Waals surface area contributed by atoms with Gasteiger partial charge in [-0.3, -0.25) is 15.2 Å². The number of halogens is 1. The summed E-state index contributed by atoms with van der Waals surface area (Å²) in [6, 6.07) is 2.37. The van der Waals surface area contributed by atoms with E-state index < -0.39 is 22.2 Å². The molecule has 0 atom stereocenters. The monoisotopic (exact) mass is 156 g/mol. The second-order valence-corrected chi connectivity index (χ2v) is 1.87. The van der Waals surface area contributed by atoms with Crippen LogP contribution in [0.15, 0.2) is 18.2 Å². The van der Waals surface area contributed by atoms with E-state index in [9.17, 15) is 19.6 Å². The summed E-state index contributed by atoms with van der Waals surface area (Å²) in [5.74, 6) is -1.67. The second-order valence-electron chi connectivity index (χ2n) is 1.87. The van der Waals surface area contributed by atoms with Gasteiger partial charge in [-0.15, -0.1) is 0 Å². The van der Waals surface area contributed by atoms with Gasteiger partial charge in [0.05, 0.1) is 4.92 Å². The molecule has 0 fully saturated rings. The summed E-state index contributed by atoms with van der Waals surface area (Å²) >= 11 is 0. The van der Waals surface area contributed by atoms with Crippen molar-refractivity contribution in [2.24, 2.45) is 0 Å². The summed E-state index contributed by atoms with van der Waals surface area (Å²) in [5, 5.41) is 20.4. The smallest absolute Gasteiger partial charge is 0.290 e. The van der Waals surface area contributed by atoms with Gasteiger partial charge in [0.25, 0.3) is 0 Å². The molecule has 5 heteroatoms. The lowest BCUT2D eigenvalue weighted by Gasteiger charge is -1.91. The van der Waals surface area contributed by atoms with Crippen molar-refractivity contribution in [2.45, 2.75) is 0 Å². The van der Waals surface area contributed by atoms with Crippen molar-refractivity contribution in [1.82, 2.24) is 0 Å². The molecule has 0 spiro atoms. The van der Waals surface area contributed by atoms with Gasteiger partial charge in [-0.25, -0.2) is 0 Å². The maximum Gasteiger partial charge on any atom is 0.305 e. The van der Waals surface area contributed by atoms with Gasteiger partial charge in [-0.2, -0.15) is 4.39 Å². The van der Waals surface area contributed by atoms with E-state index >= 15 is 0 Å². The fourth-order valence-corrected chi connectivity index (χ4v) is 0.636. The lowest BCUT2D eigenvalue weighted by atomic mass is 10.3. The molecule has 0 N–H and O–H groups in total. The van der Waals surface area contributed by atoms with Crippen molar-refractivity contribution in [1.29, 1.82) is 0 Å². The fourth-order valence-electron chi connectivity index (χ4n) is 0.636. The van der Waals surface area contributed by atoms with Crippen LogP contribution < -0.4 is 0 Å². The third kappa shape index (κ3) is 1.43. The Morgan fingerprint density at radius 2 is 2.09 bits per heavy atom. The SMILES string of the molecule is [O]c1ccc([N+](=O)[O-])c(F)c1. The Morgan fingerprint density at radius 3 is 2.55 bits per heavy atom. The molecule has 0 saturated heterocycles. The van der Waals surface area contributed by atoms with Crippen LogP contribution in [0.25, 0.3) is 0 Å². The molecule has 0 aliphatic carbocycles. The molecule has 0 saturated carbocycles. The first-order valence-electron chi connectivity index (χ1n) is 2.72. The lowest BCUT2D eigenvalue weighted by Crippen LogP contribution is -1.90. The summed E-state index contributed by atoms with van der Waals surface area (Å²) in [4.78, 5) is 9.12. The highest BCUT2D eigenvalue weighted by atomic mass is 19.1. The normalized spacial score (nSPS) is 9.55. The standard InChI is InChI=1S/C6H3FNO3/c7-5-3-4(9)1-2-6(5)8(10)11/h1-3H. The number of nitro benzene ring substituents is 1. The Kier molecular flexibility index (Phi) is 1.72. The van der Waals surface area contributed by atoms with Gasteiger partial charge in [0, 0.05) is 12.1 Å². The van der Waals surface area contributed by atoms with Gasteiger partial charge in [-0.05, 0) is 6.07 Å². The van der Waals surface area contributed by atoms with Crippen molar-refractivity contribution in [3.63, 3.8) is 0 Å². The van der Waals surface area contributed by atoms with Crippen molar-refractivity contribution in [3.8, 4) is 5.75 Å². The van der Waals surface area contributed by atoms with Crippen LogP contribution in [0.5, 0.6) is 5.75 Å². The molecular weight excluding hydrogens is 153 g/mol. The van der Waals surface area contributed by atoms with Crippen molar-refractivity contribution in [3.05, 3.63) is 34.1 Å². The van der Waals surface area contributed by atoms with Gasteiger partial charge in [0.2, 0.25) is 5.82 Å². The van der Waals surface area contributed by atoms with Gasteiger partial charge >= 0.3 is 5.69 Å². The highest BCUT2D eigenvalue weighted by Crippen LogP contribution is 2.21. The predicted molar refractivity (Wildman–Crippen MR) is 33.2 cm³/mol. The summed E-state index contributed by atoms with van der Waals surface area (Å²) in [5.41, 5.74) is -0.676. The van der Waals surface area contributed by atoms with Gasteiger partial charge in [0.1, 0.15) is 0 Å². The molecule has 0 bridgehead atoms. The molecular formula is C6H3FNO3. The minimum absolute atomic E-state index is 0.576. The van der Waals surface area contributed by atoms with Crippen LogP contribution in [-0.4, -0.2) is 4.92 Å². The Bertz CT molecular complexity index is 300. The highest BCUT2D eigenvalue weighted by molar-refractivity contribution is 5.36. The summed E-state index contributed by atoms with van der Waals surface area (Å²) in [7, 11) is 0. The quantitative estimate of drug-likeness (QED) is 0.460. The van der Waals surface area contributed by atoms with Gasteiger partial charge < -0.3 is 0 Å². The zero-order chi connectivity index (χ0) is 8.43. The minimum Gasteiger partial charge on any atom is -0.290 e. The third-order valence-corrected chi connectivity index (χ3v) is 1.12. The molecule has 4 nitrogen and oxygen atoms in total. The van der Waals surface area contributed by atoms with Gasteiger partial charge in [0.15, 0.2) is 5.75 Å². The Balaban J connectivity index is 3.20. The van der Waals surface area contributed by atoms with Crippen LogP contribution in [0, 0.1) is 15.9 Å². The van der Waals surface area contributed by atoms with Crippen LogP contribution >= 0.6 is 0 Å². The first-order chi connectivity index (χ1) is 5.11. The topological polar surface area (TPSA) is 63.0 Å². The van der Waals surface area contributed by atoms with Crippen molar-refractivity contribution in [2.75, 3.05) is 0 Å². The zero-order valence-corrected chi connectivity index (χ0v) is 5.28. The molecule has 0 heterocycles. The van der Waals surface area contributed by atoms with E-state index in [4.69, 9.17) is 0 Å². The second kappa shape index (κ2) is 2.53. The molecule has 1 aromatic carbocycles. The van der Waals surface area contributed by atoms with E-state index in [0.717, 1.165) is 12.1 Å². The van der Waals surface area contributed by atoms with E-state index in [-0.39, 0.29) is 0 Å². The van der Waals surface area contributed by atoms with Crippen LogP contribution in [-0.2, 0) is 5.11 Å². The minimum atomic E-state index is -1.09. The van der Waals surface area contributed by atoms with Crippen molar-refractivity contribution >= 4 is 5.69 Å². The number of nitro groups is 1. The van der Waals surface area contributed by atoms with E-state index in [1.165, 1.54) is 0 Å². The zero-order valence-electron chi connectivity index (χ0n) is 5.28. The van der Waals surface area contributed by atoms with Crippen LogP contribution in [0.3, 0.4) is 0 Å². The molecule has 0 aliphatic rings. The van der Waals surface area contributed by atoms with E-state index in [1.807, 2.05) is 0 Å². The lowest BCUT2D eigenvalue weighted by molar-refractivity contribution is -0.387. The average Bonchev–Trinajstić information content (AvgIpc) is 1.85. The molecule has 0 amide bonds. The fraction of sp³-hybridized carbons (Fsp3) is 0. The van der Waals surface area contributed by atoms with Gasteiger partial charge in [-0.1, -0.05) is 0 Å². The Morgan fingerprint density at radius 1 is 1.45 bits per heavy atom. The number of nitrogens with zero attached hydrogens (tertiary/aromatic N) is 1. The average molecular weight is 156 g/mol. The van der Waals surface area contributed by atoms with Crippen molar-refractivity contribution < 1.29 is 14.4 Å². The number of benzene rings is 1. The van der Waals surface area contributed by atoms with Crippen LogP contribution in [0.4, 0.5) is 10.1 Å². The maximum atomic E-state index is 12.5. The summed E-state index contributed by atoms with van der Waals surface area (Å²) in [6.45, 7) is 0. The molecule has 57 valence electrons. The number of rotatable bonds is 1. The number of hydrogen-bond donors (Lipinski definition) is 0. The van der Waals surface area contributed by atoms with E-state index in [1.54, 1.807) is 0 Å². The maximum absolute atomic E-state index is 12.5. The number of hydrogen-bond acceptors (Lipinski definition) is 2.